The van der Waals surface area contributed by atoms with Gasteiger partial charge in [-0.05, 0) is 41.8 Å². The Hall–Kier alpha value is -3.25. The van der Waals surface area contributed by atoms with E-state index in [-0.39, 0.29) is 10.6 Å². The summed E-state index contributed by atoms with van der Waals surface area (Å²) < 4.78 is 7.43. The fourth-order valence-corrected chi connectivity index (χ4v) is 3.95. The van der Waals surface area contributed by atoms with Crippen LogP contribution in [0.15, 0.2) is 83.9 Å². The average molecular weight is 376 g/mol. The van der Waals surface area contributed by atoms with Crippen molar-refractivity contribution >= 4 is 28.5 Å². The third-order valence-electron chi connectivity index (χ3n) is 4.29. The third kappa shape index (κ3) is 3.39. The first-order valence-corrected chi connectivity index (χ1v) is 9.10. The molecule has 4 aromatic rings. The second kappa shape index (κ2) is 7.17. The molecule has 0 spiro atoms. The van der Waals surface area contributed by atoms with Gasteiger partial charge in [0.25, 0.3) is 5.69 Å². The van der Waals surface area contributed by atoms with Gasteiger partial charge < -0.3 is 4.74 Å². The van der Waals surface area contributed by atoms with Gasteiger partial charge in [-0.25, -0.2) is 0 Å². The van der Waals surface area contributed by atoms with Crippen molar-refractivity contribution in [2.45, 2.75) is 4.90 Å². The van der Waals surface area contributed by atoms with Crippen LogP contribution in [0.1, 0.15) is 0 Å². The minimum Gasteiger partial charge on any atom is -0.497 e. The Labute approximate surface area is 160 Å². The molecule has 0 atom stereocenters. The molecule has 0 bridgehead atoms. The van der Waals surface area contributed by atoms with Gasteiger partial charge in [0.1, 0.15) is 5.75 Å². The molecule has 0 radical (unpaired) electrons. The van der Waals surface area contributed by atoms with Gasteiger partial charge in [-0.3, -0.25) is 14.1 Å². The molecule has 0 fully saturated rings. The van der Waals surface area contributed by atoms with Crippen LogP contribution in [0.3, 0.4) is 0 Å². The van der Waals surface area contributed by atoms with E-state index >= 15 is 0 Å². The van der Waals surface area contributed by atoms with Crippen molar-refractivity contribution in [2.24, 2.45) is 0 Å². The third-order valence-corrected chi connectivity index (χ3v) is 5.26. The first kappa shape index (κ1) is 17.2. The second-order valence-corrected chi connectivity index (χ2v) is 7.01. The number of methoxy groups -OCH3 is 1. The topological polar surface area (TPSA) is 57.3 Å². The summed E-state index contributed by atoms with van der Waals surface area (Å²) in [6.07, 6.45) is 2.06. The molecule has 0 amide bonds. The van der Waals surface area contributed by atoms with Gasteiger partial charge in [0.2, 0.25) is 0 Å². The lowest BCUT2D eigenvalue weighted by atomic mass is 10.0. The molecule has 3 aromatic carbocycles. The highest BCUT2D eigenvalue weighted by Crippen LogP contribution is 2.37. The lowest BCUT2D eigenvalue weighted by Crippen LogP contribution is -1.89. The SMILES string of the molecule is COc1ccc2c(c1)c(-c1ccccc1)cn2Sc1cccc([N+](=O)[O-])c1. The van der Waals surface area contributed by atoms with Crippen molar-refractivity contribution in [3.8, 4) is 16.9 Å². The zero-order valence-electron chi connectivity index (χ0n) is 14.5. The van der Waals surface area contributed by atoms with Crippen molar-refractivity contribution < 1.29 is 9.66 Å². The Morgan fingerprint density at radius 3 is 2.56 bits per heavy atom. The number of non-ortho nitro benzene ring substituents is 1. The smallest absolute Gasteiger partial charge is 0.270 e. The fraction of sp³-hybridized carbons (Fsp3) is 0.0476. The summed E-state index contributed by atoms with van der Waals surface area (Å²) in [4.78, 5) is 11.5. The van der Waals surface area contributed by atoms with E-state index in [4.69, 9.17) is 4.74 Å². The van der Waals surface area contributed by atoms with Crippen LogP contribution in [-0.4, -0.2) is 16.0 Å². The molecular formula is C21H16N2O3S. The number of fused-ring (bicyclic) bond motifs is 1. The predicted octanol–water partition coefficient (Wildman–Crippen LogP) is 5.78. The highest BCUT2D eigenvalue weighted by atomic mass is 32.2. The van der Waals surface area contributed by atoms with Crippen LogP contribution in [0, 0.1) is 10.1 Å². The van der Waals surface area contributed by atoms with Crippen LogP contribution in [-0.2, 0) is 0 Å². The molecule has 4 rings (SSSR count). The molecule has 0 unspecified atom stereocenters. The summed E-state index contributed by atoms with van der Waals surface area (Å²) in [5, 5.41) is 12.1. The number of aromatic nitrogens is 1. The molecule has 0 saturated heterocycles. The number of benzene rings is 3. The molecule has 27 heavy (non-hydrogen) atoms. The Kier molecular flexibility index (Phi) is 4.56. The first-order valence-electron chi connectivity index (χ1n) is 8.33. The van der Waals surface area contributed by atoms with Crippen molar-refractivity contribution in [1.29, 1.82) is 0 Å². The zero-order valence-corrected chi connectivity index (χ0v) is 15.3. The summed E-state index contributed by atoms with van der Waals surface area (Å²) in [5.41, 5.74) is 3.30. The number of ether oxygens (including phenoxy) is 1. The monoisotopic (exact) mass is 376 g/mol. The van der Waals surface area contributed by atoms with E-state index in [9.17, 15) is 10.1 Å². The fourth-order valence-electron chi connectivity index (χ4n) is 3.00. The molecule has 0 N–H and O–H groups in total. The van der Waals surface area contributed by atoms with Crippen molar-refractivity contribution in [1.82, 2.24) is 3.97 Å². The number of rotatable bonds is 5. The number of nitrogens with zero attached hydrogens (tertiary/aromatic N) is 2. The van der Waals surface area contributed by atoms with E-state index in [1.54, 1.807) is 19.2 Å². The summed E-state index contributed by atoms with van der Waals surface area (Å²) in [7, 11) is 1.65. The van der Waals surface area contributed by atoms with E-state index in [1.165, 1.54) is 18.0 Å². The van der Waals surface area contributed by atoms with E-state index < -0.39 is 0 Å². The Morgan fingerprint density at radius 2 is 1.81 bits per heavy atom. The summed E-state index contributed by atoms with van der Waals surface area (Å²) in [5.74, 6) is 0.790. The molecule has 134 valence electrons. The molecule has 1 aromatic heterocycles. The maximum atomic E-state index is 11.1. The van der Waals surface area contributed by atoms with Crippen molar-refractivity contribution in [3.05, 3.63) is 89.1 Å². The summed E-state index contributed by atoms with van der Waals surface area (Å²) in [6, 6.07) is 22.7. The number of nitro benzene ring substituents is 1. The van der Waals surface area contributed by atoms with E-state index in [0.29, 0.717) is 0 Å². The van der Waals surface area contributed by atoms with Gasteiger partial charge in [-0.1, -0.05) is 36.4 Å². The van der Waals surface area contributed by atoms with Gasteiger partial charge in [0, 0.05) is 34.2 Å². The van der Waals surface area contributed by atoms with Gasteiger partial charge >= 0.3 is 0 Å². The normalized spacial score (nSPS) is 10.9. The molecular weight excluding hydrogens is 360 g/mol. The first-order chi connectivity index (χ1) is 13.2. The number of hydrogen-bond donors (Lipinski definition) is 0. The van der Waals surface area contributed by atoms with Crippen molar-refractivity contribution in [2.75, 3.05) is 7.11 Å². The minimum absolute atomic E-state index is 0.0846. The zero-order chi connectivity index (χ0) is 18.8. The van der Waals surface area contributed by atoms with Crippen LogP contribution in [0.2, 0.25) is 0 Å². The summed E-state index contributed by atoms with van der Waals surface area (Å²) in [6.45, 7) is 0. The van der Waals surface area contributed by atoms with Crippen LogP contribution in [0.5, 0.6) is 5.75 Å². The quantitative estimate of drug-likeness (QED) is 0.327. The molecule has 6 heteroatoms. The largest absolute Gasteiger partial charge is 0.497 e. The average Bonchev–Trinajstić information content (AvgIpc) is 3.06. The number of hydrogen-bond acceptors (Lipinski definition) is 4. The molecule has 0 aliphatic heterocycles. The molecule has 1 heterocycles. The molecule has 0 aliphatic rings. The summed E-state index contributed by atoms with van der Waals surface area (Å²) >= 11 is 1.45. The van der Waals surface area contributed by atoms with Gasteiger partial charge in [0.05, 0.1) is 17.5 Å². The highest BCUT2D eigenvalue weighted by molar-refractivity contribution is 7.98. The van der Waals surface area contributed by atoms with Gasteiger partial charge in [-0.2, -0.15) is 0 Å². The lowest BCUT2D eigenvalue weighted by molar-refractivity contribution is -0.385. The predicted molar refractivity (Wildman–Crippen MR) is 108 cm³/mol. The highest BCUT2D eigenvalue weighted by Gasteiger charge is 2.14. The maximum absolute atomic E-state index is 11.1. The lowest BCUT2D eigenvalue weighted by Gasteiger charge is -2.05. The van der Waals surface area contributed by atoms with Crippen molar-refractivity contribution in [3.63, 3.8) is 0 Å². The molecule has 0 saturated carbocycles. The van der Waals surface area contributed by atoms with Crippen LogP contribution in [0.4, 0.5) is 5.69 Å². The van der Waals surface area contributed by atoms with Crippen LogP contribution < -0.4 is 4.74 Å². The van der Waals surface area contributed by atoms with Gasteiger partial charge in [-0.15, -0.1) is 0 Å². The van der Waals surface area contributed by atoms with Crippen LogP contribution in [0.25, 0.3) is 22.0 Å². The van der Waals surface area contributed by atoms with Gasteiger partial charge in [0.15, 0.2) is 0 Å². The Bertz CT molecular complexity index is 1120. The second-order valence-electron chi connectivity index (χ2n) is 5.96. The standard InChI is InChI=1S/C21H16N2O3S/c1-26-17-10-11-21-19(13-17)20(15-6-3-2-4-7-15)14-22(21)27-18-9-5-8-16(12-18)23(24)25/h2-14H,1H3. The van der Waals surface area contributed by atoms with E-state index in [0.717, 1.165) is 32.7 Å². The van der Waals surface area contributed by atoms with E-state index in [1.807, 2.05) is 46.4 Å². The van der Waals surface area contributed by atoms with E-state index in [2.05, 4.69) is 18.3 Å². The molecule has 5 nitrogen and oxygen atoms in total. The Morgan fingerprint density at radius 1 is 1.00 bits per heavy atom. The Balaban J connectivity index is 1.84. The van der Waals surface area contributed by atoms with Crippen LogP contribution >= 0.6 is 11.9 Å². The minimum atomic E-state index is -0.377. The maximum Gasteiger partial charge on any atom is 0.270 e. The molecule has 0 aliphatic carbocycles. The number of nitro groups is 1.